The fourth-order valence-electron chi connectivity index (χ4n) is 1.61. The monoisotopic (exact) mass is 211 g/mol. The number of hydrogen-bond acceptors (Lipinski definition) is 3. The Labute approximate surface area is 89.1 Å². The summed E-state index contributed by atoms with van der Waals surface area (Å²) in [7, 11) is 0. The summed E-state index contributed by atoms with van der Waals surface area (Å²) >= 11 is 5.75. The lowest BCUT2D eigenvalue weighted by molar-refractivity contribution is 0.272. The van der Waals surface area contributed by atoms with E-state index in [1.165, 1.54) is 19.3 Å². The van der Waals surface area contributed by atoms with Crippen molar-refractivity contribution in [2.24, 2.45) is 0 Å². The maximum Gasteiger partial charge on any atom is 0.140 e. The van der Waals surface area contributed by atoms with Gasteiger partial charge in [0, 0.05) is 19.3 Å². The normalized spacial score (nSPS) is 18.1. The number of nitrogens with one attached hydrogen (secondary N) is 1. The predicted molar refractivity (Wildman–Crippen MR) is 58.3 cm³/mol. The van der Waals surface area contributed by atoms with Gasteiger partial charge in [-0.3, -0.25) is 0 Å². The SMILES string of the molecule is Clc1ccc(NN2CCCCC2)nc1. The van der Waals surface area contributed by atoms with Crippen LogP contribution in [0.15, 0.2) is 18.3 Å². The van der Waals surface area contributed by atoms with Crippen molar-refractivity contribution < 1.29 is 0 Å². The average Bonchev–Trinajstić information content (AvgIpc) is 2.23. The summed E-state index contributed by atoms with van der Waals surface area (Å²) in [6.07, 6.45) is 5.53. The summed E-state index contributed by atoms with van der Waals surface area (Å²) in [5, 5.41) is 2.88. The van der Waals surface area contributed by atoms with Gasteiger partial charge in [0.1, 0.15) is 5.82 Å². The van der Waals surface area contributed by atoms with Gasteiger partial charge in [-0.15, -0.1) is 0 Å². The Morgan fingerprint density at radius 2 is 2.00 bits per heavy atom. The topological polar surface area (TPSA) is 28.2 Å². The lowest BCUT2D eigenvalue weighted by Crippen LogP contribution is -2.35. The molecule has 2 rings (SSSR count). The van der Waals surface area contributed by atoms with Crippen LogP contribution < -0.4 is 5.43 Å². The van der Waals surface area contributed by atoms with E-state index in [1.54, 1.807) is 6.20 Å². The van der Waals surface area contributed by atoms with Crippen molar-refractivity contribution in [2.75, 3.05) is 18.5 Å². The van der Waals surface area contributed by atoms with Gasteiger partial charge in [-0.2, -0.15) is 0 Å². The van der Waals surface area contributed by atoms with E-state index in [4.69, 9.17) is 11.6 Å². The molecule has 0 spiro atoms. The second-order valence-corrected chi connectivity index (χ2v) is 3.96. The molecule has 1 saturated heterocycles. The molecule has 0 radical (unpaired) electrons. The predicted octanol–water partition coefficient (Wildman–Crippen LogP) is 2.55. The molecule has 3 nitrogen and oxygen atoms in total. The first-order valence-corrected chi connectivity index (χ1v) is 5.35. The molecule has 0 aliphatic carbocycles. The molecule has 2 heterocycles. The number of anilines is 1. The maximum atomic E-state index is 5.75. The number of hydrogen-bond donors (Lipinski definition) is 1. The summed E-state index contributed by atoms with van der Waals surface area (Å²) in [4.78, 5) is 4.19. The van der Waals surface area contributed by atoms with Gasteiger partial charge in [0.25, 0.3) is 0 Å². The first kappa shape index (κ1) is 9.74. The van der Waals surface area contributed by atoms with E-state index in [1.807, 2.05) is 12.1 Å². The molecule has 1 aromatic rings. The molecule has 1 N–H and O–H groups in total. The highest BCUT2D eigenvalue weighted by Gasteiger charge is 2.09. The minimum atomic E-state index is 0.675. The van der Waals surface area contributed by atoms with Crippen molar-refractivity contribution >= 4 is 17.4 Å². The zero-order chi connectivity index (χ0) is 9.80. The average molecular weight is 212 g/mol. The van der Waals surface area contributed by atoms with Gasteiger partial charge in [-0.05, 0) is 25.0 Å². The second-order valence-electron chi connectivity index (χ2n) is 3.52. The standard InChI is InChI=1S/C10H14ClN3/c11-9-4-5-10(12-8-9)13-14-6-2-1-3-7-14/h4-5,8H,1-3,6-7H2,(H,12,13). The molecule has 4 heteroatoms. The van der Waals surface area contributed by atoms with Crippen LogP contribution in [0.25, 0.3) is 0 Å². The van der Waals surface area contributed by atoms with Crippen LogP contribution in [-0.2, 0) is 0 Å². The lowest BCUT2D eigenvalue weighted by Gasteiger charge is -2.27. The van der Waals surface area contributed by atoms with Crippen molar-refractivity contribution in [3.05, 3.63) is 23.4 Å². The van der Waals surface area contributed by atoms with Gasteiger partial charge in [0.05, 0.1) is 5.02 Å². The van der Waals surface area contributed by atoms with Crippen molar-refractivity contribution in [1.82, 2.24) is 9.99 Å². The lowest BCUT2D eigenvalue weighted by atomic mass is 10.2. The zero-order valence-electron chi connectivity index (χ0n) is 8.04. The molecular formula is C10H14ClN3. The Balaban J connectivity index is 1.92. The zero-order valence-corrected chi connectivity index (χ0v) is 8.80. The van der Waals surface area contributed by atoms with Gasteiger partial charge in [-0.25, -0.2) is 9.99 Å². The summed E-state index contributed by atoms with van der Waals surface area (Å²) in [5.74, 6) is 0.872. The van der Waals surface area contributed by atoms with Crippen LogP contribution in [0, 0.1) is 0 Å². The first-order valence-electron chi connectivity index (χ1n) is 4.98. The van der Waals surface area contributed by atoms with Crippen molar-refractivity contribution in [3.63, 3.8) is 0 Å². The third-order valence-electron chi connectivity index (χ3n) is 2.36. The highest BCUT2D eigenvalue weighted by atomic mass is 35.5. The van der Waals surface area contributed by atoms with Crippen molar-refractivity contribution in [3.8, 4) is 0 Å². The van der Waals surface area contributed by atoms with E-state index in [0.717, 1.165) is 18.9 Å². The fourth-order valence-corrected chi connectivity index (χ4v) is 1.72. The van der Waals surface area contributed by atoms with Crippen LogP contribution in [0.1, 0.15) is 19.3 Å². The van der Waals surface area contributed by atoms with Crippen LogP contribution in [0.2, 0.25) is 5.02 Å². The number of halogens is 1. The van der Waals surface area contributed by atoms with Crippen LogP contribution in [0.5, 0.6) is 0 Å². The molecule has 1 aliphatic heterocycles. The Bertz CT molecular complexity index is 280. The molecular weight excluding hydrogens is 198 g/mol. The molecule has 1 fully saturated rings. The Morgan fingerprint density at radius 3 is 2.64 bits per heavy atom. The van der Waals surface area contributed by atoms with E-state index in [2.05, 4.69) is 15.4 Å². The Kier molecular flexibility index (Phi) is 3.22. The molecule has 0 bridgehead atoms. The molecule has 0 aromatic carbocycles. The quantitative estimate of drug-likeness (QED) is 0.815. The van der Waals surface area contributed by atoms with Crippen LogP contribution >= 0.6 is 11.6 Å². The number of hydrazine groups is 1. The first-order chi connectivity index (χ1) is 6.84. The largest absolute Gasteiger partial charge is 0.303 e. The van der Waals surface area contributed by atoms with Gasteiger partial charge in [-0.1, -0.05) is 18.0 Å². The molecule has 0 amide bonds. The summed E-state index contributed by atoms with van der Waals surface area (Å²) in [6, 6.07) is 3.75. The van der Waals surface area contributed by atoms with Crippen LogP contribution in [0.3, 0.4) is 0 Å². The highest BCUT2D eigenvalue weighted by molar-refractivity contribution is 6.30. The highest BCUT2D eigenvalue weighted by Crippen LogP contribution is 2.13. The van der Waals surface area contributed by atoms with Crippen molar-refractivity contribution in [2.45, 2.75) is 19.3 Å². The van der Waals surface area contributed by atoms with Gasteiger partial charge < -0.3 is 5.43 Å². The molecule has 76 valence electrons. The molecule has 1 aromatic heterocycles. The number of nitrogens with zero attached hydrogens (tertiary/aromatic N) is 2. The number of rotatable bonds is 2. The van der Waals surface area contributed by atoms with Gasteiger partial charge >= 0.3 is 0 Å². The van der Waals surface area contributed by atoms with E-state index in [0.29, 0.717) is 5.02 Å². The second kappa shape index (κ2) is 4.62. The Morgan fingerprint density at radius 1 is 1.21 bits per heavy atom. The summed E-state index contributed by atoms with van der Waals surface area (Å²) < 4.78 is 0. The van der Waals surface area contributed by atoms with E-state index >= 15 is 0 Å². The van der Waals surface area contributed by atoms with Crippen LogP contribution in [0.4, 0.5) is 5.82 Å². The molecule has 0 saturated carbocycles. The van der Waals surface area contributed by atoms with E-state index in [-0.39, 0.29) is 0 Å². The van der Waals surface area contributed by atoms with Gasteiger partial charge in [0.2, 0.25) is 0 Å². The number of aromatic nitrogens is 1. The smallest absolute Gasteiger partial charge is 0.140 e. The molecule has 0 atom stereocenters. The van der Waals surface area contributed by atoms with E-state index < -0.39 is 0 Å². The minimum Gasteiger partial charge on any atom is -0.303 e. The Hall–Kier alpha value is -0.800. The molecule has 0 unspecified atom stereocenters. The maximum absolute atomic E-state index is 5.75. The fraction of sp³-hybridized carbons (Fsp3) is 0.500. The number of piperidine rings is 1. The summed E-state index contributed by atoms with van der Waals surface area (Å²) in [6.45, 7) is 2.20. The van der Waals surface area contributed by atoms with Crippen LogP contribution in [-0.4, -0.2) is 23.1 Å². The minimum absolute atomic E-state index is 0.675. The third kappa shape index (κ3) is 2.59. The van der Waals surface area contributed by atoms with Crippen molar-refractivity contribution in [1.29, 1.82) is 0 Å². The van der Waals surface area contributed by atoms with Gasteiger partial charge in [0.15, 0.2) is 0 Å². The number of pyridine rings is 1. The molecule has 1 aliphatic rings. The van der Waals surface area contributed by atoms with E-state index in [9.17, 15) is 0 Å². The third-order valence-corrected chi connectivity index (χ3v) is 2.58. The summed E-state index contributed by atoms with van der Waals surface area (Å²) in [5.41, 5.74) is 3.27. The molecule has 14 heavy (non-hydrogen) atoms.